The Morgan fingerprint density at radius 3 is 2.00 bits per heavy atom. The van der Waals surface area contributed by atoms with E-state index in [9.17, 15) is 12.8 Å². The van der Waals surface area contributed by atoms with Gasteiger partial charge in [0.1, 0.15) is 23.0 Å². The molecule has 0 saturated carbocycles. The molecule has 0 bridgehead atoms. The highest BCUT2D eigenvalue weighted by molar-refractivity contribution is 7.93. The van der Waals surface area contributed by atoms with Crippen molar-refractivity contribution in [2.45, 2.75) is 11.4 Å². The van der Waals surface area contributed by atoms with E-state index in [0.29, 0.717) is 39.6 Å². The molecule has 0 atom stereocenters. The zero-order valence-corrected chi connectivity index (χ0v) is 18.8. The maximum Gasteiger partial charge on any atom is 0.265 e. The summed E-state index contributed by atoms with van der Waals surface area (Å²) in [5, 5.41) is 0. The monoisotopic (exact) mass is 459 g/mol. The molecule has 32 heavy (non-hydrogen) atoms. The second-order valence-electron chi connectivity index (χ2n) is 7.07. The lowest BCUT2D eigenvalue weighted by Crippen LogP contribution is -2.34. The van der Waals surface area contributed by atoms with Gasteiger partial charge in [-0.1, -0.05) is 12.1 Å². The number of fused-ring (bicyclic) bond motifs is 3. The number of hydrogen-bond donors (Lipinski definition) is 0. The normalized spacial score (nSPS) is 13.7. The zero-order valence-electron chi connectivity index (χ0n) is 18.0. The topological polar surface area (TPSA) is 74.3 Å². The summed E-state index contributed by atoms with van der Waals surface area (Å²) >= 11 is 0. The van der Waals surface area contributed by atoms with Gasteiger partial charge in [0, 0.05) is 23.3 Å². The van der Waals surface area contributed by atoms with Crippen LogP contribution in [0.3, 0.4) is 0 Å². The van der Waals surface area contributed by atoms with Crippen molar-refractivity contribution in [3.8, 4) is 34.1 Å². The minimum absolute atomic E-state index is 0.0217. The molecular weight excluding hydrogens is 437 g/mol. The first-order valence-electron chi connectivity index (χ1n) is 9.63. The number of nitrogens with zero attached hydrogens (tertiary/aromatic N) is 1. The van der Waals surface area contributed by atoms with Gasteiger partial charge in [-0.25, -0.2) is 12.8 Å². The van der Waals surface area contributed by atoms with E-state index in [2.05, 4.69) is 0 Å². The van der Waals surface area contributed by atoms with Gasteiger partial charge in [-0.2, -0.15) is 0 Å². The smallest absolute Gasteiger partial charge is 0.265 e. The average molecular weight is 459 g/mol. The van der Waals surface area contributed by atoms with Crippen LogP contribution in [0.1, 0.15) is 5.56 Å². The second kappa shape index (κ2) is 8.23. The first kappa shape index (κ1) is 21.8. The summed E-state index contributed by atoms with van der Waals surface area (Å²) in [7, 11) is 1.87. The second-order valence-corrected chi connectivity index (χ2v) is 8.90. The summed E-state index contributed by atoms with van der Waals surface area (Å²) in [6.45, 7) is -0.0217. The molecule has 0 radical (unpaired) electrons. The third kappa shape index (κ3) is 3.48. The Labute approximate surface area is 186 Å². The SMILES string of the molecule is COc1cc(OC)c2c(c1)-c1cc(OC)c(OC)cc1S(=O)(=O)N2Cc1ccc(F)cc1. The van der Waals surface area contributed by atoms with Gasteiger partial charge >= 0.3 is 0 Å². The Hall–Kier alpha value is -3.46. The molecule has 0 saturated heterocycles. The highest BCUT2D eigenvalue weighted by atomic mass is 32.2. The maximum absolute atomic E-state index is 13.8. The molecule has 0 fully saturated rings. The molecule has 0 aliphatic carbocycles. The van der Waals surface area contributed by atoms with E-state index in [-0.39, 0.29) is 17.2 Å². The molecule has 9 heteroatoms. The lowest BCUT2D eigenvalue weighted by atomic mass is 10.0. The molecule has 0 unspecified atom stereocenters. The Balaban J connectivity index is 2.03. The van der Waals surface area contributed by atoms with Crippen LogP contribution in [0, 0.1) is 5.82 Å². The molecule has 1 aliphatic heterocycles. The first-order chi connectivity index (χ1) is 15.3. The lowest BCUT2D eigenvalue weighted by Gasteiger charge is -2.34. The predicted octanol–water partition coefficient (Wildman–Crippen LogP) is 4.24. The number of rotatable bonds is 6. The number of benzene rings is 3. The van der Waals surface area contributed by atoms with Crippen LogP contribution in [-0.4, -0.2) is 36.9 Å². The van der Waals surface area contributed by atoms with Gasteiger partial charge in [0.15, 0.2) is 11.5 Å². The van der Waals surface area contributed by atoms with Gasteiger partial charge < -0.3 is 18.9 Å². The van der Waals surface area contributed by atoms with Gasteiger partial charge in [0.25, 0.3) is 10.0 Å². The minimum Gasteiger partial charge on any atom is -0.497 e. The summed E-state index contributed by atoms with van der Waals surface area (Å²) in [5.74, 6) is 1.10. The van der Waals surface area contributed by atoms with Crippen molar-refractivity contribution in [1.82, 2.24) is 0 Å². The molecule has 0 aromatic heterocycles. The highest BCUT2D eigenvalue weighted by Crippen LogP contribution is 2.52. The molecule has 3 aromatic carbocycles. The van der Waals surface area contributed by atoms with Crippen molar-refractivity contribution in [2.24, 2.45) is 0 Å². The molecule has 1 heterocycles. The van der Waals surface area contributed by atoms with Crippen molar-refractivity contribution < 1.29 is 31.8 Å². The van der Waals surface area contributed by atoms with Gasteiger partial charge in [-0.3, -0.25) is 4.31 Å². The largest absolute Gasteiger partial charge is 0.497 e. The van der Waals surface area contributed by atoms with E-state index in [4.69, 9.17) is 18.9 Å². The van der Waals surface area contributed by atoms with Crippen LogP contribution < -0.4 is 23.3 Å². The fraction of sp³-hybridized carbons (Fsp3) is 0.217. The van der Waals surface area contributed by atoms with Crippen LogP contribution in [0.4, 0.5) is 10.1 Å². The highest BCUT2D eigenvalue weighted by Gasteiger charge is 2.39. The van der Waals surface area contributed by atoms with E-state index in [1.807, 2.05) is 0 Å². The number of anilines is 1. The van der Waals surface area contributed by atoms with Gasteiger partial charge in [-0.15, -0.1) is 0 Å². The number of hydrogen-bond acceptors (Lipinski definition) is 6. The van der Waals surface area contributed by atoms with Crippen LogP contribution in [0.2, 0.25) is 0 Å². The summed E-state index contributed by atoms with van der Waals surface area (Å²) in [6.07, 6.45) is 0. The molecule has 1 aliphatic rings. The van der Waals surface area contributed by atoms with Crippen molar-refractivity contribution in [3.63, 3.8) is 0 Å². The fourth-order valence-corrected chi connectivity index (χ4v) is 5.45. The predicted molar refractivity (Wildman–Crippen MR) is 118 cm³/mol. The van der Waals surface area contributed by atoms with Crippen LogP contribution >= 0.6 is 0 Å². The summed E-state index contributed by atoms with van der Waals surface area (Å²) in [5.41, 5.74) is 2.00. The molecule has 0 spiro atoms. The average Bonchev–Trinajstić information content (AvgIpc) is 2.81. The minimum atomic E-state index is -4.03. The van der Waals surface area contributed by atoms with Crippen molar-refractivity contribution in [3.05, 3.63) is 59.9 Å². The summed E-state index contributed by atoms with van der Waals surface area (Å²) in [4.78, 5) is 0.0556. The number of ether oxygens (including phenoxy) is 4. The molecule has 168 valence electrons. The molecule has 7 nitrogen and oxygen atoms in total. The van der Waals surface area contributed by atoms with Gasteiger partial charge in [0.2, 0.25) is 0 Å². The van der Waals surface area contributed by atoms with Crippen molar-refractivity contribution in [1.29, 1.82) is 0 Å². The van der Waals surface area contributed by atoms with Gasteiger partial charge in [0.05, 0.1) is 39.9 Å². The van der Waals surface area contributed by atoms with Crippen LogP contribution in [-0.2, 0) is 16.6 Å². The number of halogens is 1. The molecular formula is C23H22FNO6S. The first-order valence-corrected chi connectivity index (χ1v) is 11.1. The maximum atomic E-state index is 13.8. The molecule has 4 rings (SSSR count). The van der Waals surface area contributed by atoms with E-state index < -0.39 is 15.8 Å². The Morgan fingerprint density at radius 2 is 1.41 bits per heavy atom. The van der Waals surface area contributed by atoms with E-state index >= 15 is 0 Å². The van der Waals surface area contributed by atoms with E-state index in [0.717, 1.165) is 0 Å². The molecule has 0 amide bonds. The summed E-state index contributed by atoms with van der Waals surface area (Å²) < 4.78 is 64.0. The molecule has 3 aromatic rings. The third-order valence-electron chi connectivity index (χ3n) is 5.34. The van der Waals surface area contributed by atoms with E-state index in [1.54, 1.807) is 30.3 Å². The van der Waals surface area contributed by atoms with Crippen molar-refractivity contribution >= 4 is 15.7 Å². The van der Waals surface area contributed by atoms with Crippen LogP contribution in [0.5, 0.6) is 23.0 Å². The Morgan fingerprint density at radius 1 is 0.781 bits per heavy atom. The van der Waals surface area contributed by atoms with Gasteiger partial charge in [-0.05, 0) is 29.8 Å². The third-order valence-corrected chi connectivity index (χ3v) is 7.12. The van der Waals surface area contributed by atoms with Crippen LogP contribution in [0.25, 0.3) is 11.1 Å². The fourth-order valence-electron chi connectivity index (χ4n) is 3.76. The molecule has 0 N–H and O–H groups in total. The summed E-state index contributed by atoms with van der Waals surface area (Å²) in [6, 6.07) is 12.1. The van der Waals surface area contributed by atoms with E-state index in [1.165, 1.54) is 50.9 Å². The Bertz CT molecular complexity index is 1270. The zero-order chi connectivity index (χ0) is 23.0. The standard InChI is InChI=1S/C23H22FNO6S/c1-28-16-9-18-17-11-19(29-2)20(30-3)12-22(17)32(26,27)25(23(18)21(10-16)31-4)13-14-5-7-15(24)8-6-14/h5-12H,13H2,1-4H3. The number of methoxy groups -OCH3 is 4. The number of sulfonamides is 1. The quantitative estimate of drug-likeness (QED) is 0.549. The lowest BCUT2D eigenvalue weighted by molar-refractivity contribution is 0.354. The van der Waals surface area contributed by atoms with Crippen molar-refractivity contribution in [2.75, 3.05) is 32.7 Å². The Kier molecular flexibility index (Phi) is 5.60. The van der Waals surface area contributed by atoms with Crippen LogP contribution in [0.15, 0.2) is 53.4 Å².